The monoisotopic (exact) mass is 988 g/mol. The summed E-state index contributed by atoms with van der Waals surface area (Å²) in [5, 5.41) is 5.84. The summed E-state index contributed by atoms with van der Waals surface area (Å²) in [6.07, 6.45) is 2.46. The van der Waals surface area contributed by atoms with E-state index in [9.17, 15) is 43.2 Å². The first-order chi connectivity index (χ1) is 32.6. The highest BCUT2D eigenvalue weighted by Gasteiger charge is 2.48. The number of likely N-dealkylation sites (N-methyl/N-ethyl adjacent to an activating group) is 3. The molecule has 3 heterocycles. The van der Waals surface area contributed by atoms with Crippen LogP contribution in [0.1, 0.15) is 155 Å². The third kappa shape index (κ3) is 13.6. The van der Waals surface area contributed by atoms with Crippen LogP contribution in [0.2, 0.25) is 0 Å². The van der Waals surface area contributed by atoms with Gasteiger partial charge in [0, 0.05) is 34.2 Å². The molecule has 0 radical (unpaired) electrons. The van der Waals surface area contributed by atoms with E-state index in [0.717, 1.165) is 12.8 Å². The molecule has 7 amide bonds. The van der Waals surface area contributed by atoms with Crippen LogP contribution in [-0.4, -0.2) is 167 Å². The Labute approximate surface area is 418 Å². The summed E-state index contributed by atoms with van der Waals surface area (Å²) in [4.78, 5) is 137. The predicted molar refractivity (Wildman–Crippen MR) is 265 cm³/mol. The summed E-state index contributed by atoms with van der Waals surface area (Å²) in [6.45, 7) is 25.1. The van der Waals surface area contributed by atoms with Crippen molar-refractivity contribution in [2.45, 2.75) is 209 Å². The summed E-state index contributed by atoms with van der Waals surface area (Å²) >= 11 is 0. The van der Waals surface area contributed by atoms with E-state index in [1.807, 2.05) is 20.8 Å². The van der Waals surface area contributed by atoms with Crippen LogP contribution in [0, 0.1) is 35.0 Å². The second-order valence-electron chi connectivity index (χ2n) is 22.1. The van der Waals surface area contributed by atoms with E-state index in [1.54, 1.807) is 76.2 Å². The van der Waals surface area contributed by atoms with Crippen LogP contribution in [0.15, 0.2) is 0 Å². The Morgan fingerprint density at radius 3 is 1.64 bits per heavy atom. The van der Waals surface area contributed by atoms with Crippen molar-refractivity contribution in [2.75, 3.05) is 34.2 Å². The van der Waals surface area contributed by atoms with E-state index in [1.165, 1.54) is 45.6 Å². The molecule has 0 saturated carbocycles. The smallest absolute Gasteiger partial charge is 0.329 e. The summed E-state index contributed by atoms with van der Waals surface area (Å²) < 4.78 is 12.3. The third-order valence-electron chi connectivity index (χ3n) is 15.0. The average Bonchev–Trinajstić information content (AvgIpc) is 4.00. The highest BCUT2D eigenvalue weighted by Crippen LogP contribution is 2.32. The van der Waals surface area contributed by atoms with Crippen molar-refractivity contribution in [1.29, 1.82) is 0 Å². The Kier molecular flexibility index (Phi) is 21.7. The number of amides is 7. The van der Waals surface area contributed by atoms with Crippen molar-refractivity contribution in [1.82, 2.24) is 35.1 Å². The molecule has 10 unspecified atom stereocenters. The minimum Gasteiger partial charge on any atom is -0.460 e. The molecule has 0 aromatic rings. The number of unbranched alkanes of at least 4 members (excludes halogenated alkanes) is 2. The van der Waals surface area contributed by atoms with Gasteiger partial charge >= 0.3 is 11.9 Å². The van der Waals surface area contributed by atoms with Gasteiger partial charge < -0.3 is 44.6 Å². The van der Waals surface area contributed by atoms with Crippen LogP contribution in [0.4, 0.5) is 0 Å². The second kappa shape index (κ2) is 25.6. The molecule has 0 spiro atoms. The molecule has 0 aliphatic carbocycles. The van der Waals surface area contributed by atoms with Crippen molar-refractivity contribution >= 4 is 53.3 Å². The zero-order chi connectivity index (χ0) is 53.3. The molecule has 398 valence electrons. The molecule has 18 nitrogen and oxygen atoms in total. The van der Waals surface area contributed by atoms with Crippen LogP contribution >= 0.6 is 0 Å². The number of nitrogens with zero attached hydrogens (tertiary/aromatic N) is 5. The first-order valence-electron chi connectivity index (χ1n) is 26.0. The number of esters is 2. The van der Waals surface area contributed by atoms with Gasteiger partial charge in [-0.2, -0.15) is 0 Å². The van der Waals surface area contributed by atoms with E-state index < -0.39 is 143 Å². The maximum atomic E-state index is 14.6. The molecule has 70 heavy (non-hydrogen) atoms. The predicted octanol–water partition coefficient (Wildman–Crippen LogP) is 4.55. The molecule has 0 aromatic carbocycles. The Balaban J connectivity index is 2.21. The van der Waals surface area contributed by atoms with Gasteiger partial charge in [0.1, 0.15) is 48.4 Å². The van der Waals surface area contributed by atoms with E-state index in [-0.39, 0.29) is 13.1 Å². The van der Waals surface area contributed by atoms with Gasteiger partial charge in [0.25, 0.3) is 5.91 Å². The number of hydrogen-bond acceptors (Lipinski definition) is 11. The molecule has 3 fully saturated rings. The molecule has 3 aliphatic heterocycles. The number of carbonyl (C=O) groups is 9. The van der Waals surface area contributed by atoms with Gasteiger partial charge in [0.05, 0.1) is 5.41 Å². The summed E-state index contributed by atoms with van der Waals surface area (Å²) in [5.74, 6) is -7.64. The van der Waals surface area contributed by atoms with Gasteiger partial charge in [0.2, 0.25) is 35.4 Å². The number of fused-ring (bicyclic) bond motifs is 2. The minimum absolute atomic E-state index is 0.218. The number of rotatable bonds is 10. The fourth-order valence-corrected chi connectivity index (χ4v) is 10.0. The summed E-state index contributed by atoms with van der Waals surface area (Å²) in [7, 11) is 4.41. The molecule has 0 aromatic heterocycles. The highest BCUT2D eigenvalue weighted by atomic mass is 16.6. The van der Waals surface area contributed by atoms with Crippen LogP contribution in [0.3, 0.4) is 0 Å². The Bertz CT molecular complexity index is 1890. The molecule has 0 bridgehead atoms. The van der Waals surface area contributed by atoms with Gasteiger partial charge in [-0.15, -0.1) is 0 Å². The zero-order valence-corrected chi connectivity index (χ0v) is 45.6. The molecule has 3 saturated heterocycles. The van der Waals surface area contributed by atoms with E-state index in [2.05, 4.69) is 10.6 Å². The van der Waals surface area contributed by atoms with Gasteiger partial charge in [-0.05, 0) is 88.9 Å². The number of cyclic esters (lactones) is 2. The van der Waals surface area contributed by atoms with Crippen LogP contribution in [-0.2, 0) is 52.6 Å². The molecule has 3 aliphatic rings. The largest absolute Gasteiger partial charge is 0.460 e. The third-order valence-corrected chi connectivity index (χ3v) is 15.0. The van der Waals surface area contributed by atoms with Gasteiger partial charge in [-0.25, -0.2) is 9.59 Å². The van der Waals surface area contributed by atoms with E-state index in [4.69, 9.17) is 9.47 Å². The maximum Gasteiger partial charge on any atom is 0.329 e. The Morgan fingerprint density at radius 2 is 1.13 bits per heavy atom. The highest BCUT2D eigenvalue weighted by molar-refractivity contribution is 5.97. The van der Waals surface area contributed by atoms with Crippen molar-refractivity contribution in [3.8, 4) is 0 Å². The first-order valence-corrected chi connectivity index (χ1v) is 26.0. The minimum atomic E-state index is -1.38. The van der Waals surface area contributed by atoms with Crippen LogP contribution in [0.25, 0.3) is 0 Å². The standard InChI is InChI=1S/C52H89N7O11/c1-18-20-21-26-37-52(13,14)51(68)54-39(33(11)19-2)46(63)55(15)34(12)44(61)56(16)40(30(5)6)47(64)57(17)41(31(7)8)50(67)70-42(32(9)10)48(65)59-28-23-25-36(59)45(62)58-27-22-24-35(58)43(60)53-38(29(3)4)49(66)69-37/h29-42H,18-28H2,1-17H3,(H,53,60)(H,54,68). The Hall–Kier alpha value is -4.77. The van der Waals surface area contributed by atoms with Gasteiger partial charge in [0.15, 0.2) is 6.10 Å². The zero-order valence-electron chi connectivity index (χ0n) is 45.6. The van der Waals surface area contributed by atoms with Gasteiger partial charge in [-0.3, -0.25) is 33.6 Å². The number of ether oxygens (including phenoxy) is 2. The fourth-order valence-electron chi connectivity index (χ4n) is 10.0. The molecule has 10 atom stereocenters. The van der Waals surface area contributed by atoms with Crippen molar-refractivity contribution < 1.29 is 52.6 Å². The Morgan fingerprint density at radius 1 is 0.586 bits per heavy atom. The van der Waals surface area contributed by atoms with Crippen molar-refractivity contribution in [3.63, 3.8) is 0 Å². The normalized spacial score (nSPS) is 29.6. The second-order valence-corrected chi connectivity index (χ2v) is 22.1. The lowest BCUT2D eigenvalue weighted by atomic mass is 9.81. The number of carbonyl (C=O) groups excluding carboxylic acids is 9. The van der Waals surface area contributed by atoms with Crippen molar-refractivity contribution in [3.05, 3.63) is 0 Å². The summed E-state index contributed by atoms with van der Waals surface area (Å²) in [6, 6.07) is -7.48. The lowest BCUT2D eigenvalue weighted by Gasteiger charge is -2.40. The lowest BCUT2D eigenvalue weighted by Crippen LogP contribution is -2.61. The average molecular weight is 988 g/mol. The summed E-state index contributed by atoms with van der Waals surface area (Å²) in [5.41, 5.74) is -1.38. The molecular weight excluding hydrogens is 899 g/mol. The van der Waals surface area contributed by atoms with E-state index in [0.29, 0.717) is 44.9 Å². The first kappa shape index (κ1) is 59.5. The number of hydrogen-bond donors (Lipinski definition) is 2. The lowest BCUT2D eigenvalue weighted by molar-refractivity contribution is -0.172. The van der Waals surface area contributed by atoms with Crippen LogP contribution < -0.4 is 10.6 Å². The van der Waals surface area contributed by atoms with Gasteiger partial charge in [-0.1, -0.05) is 95.4 Å². The topological polar surface area (TPSA) is 212 Å². The van der Waals surface area contributed by atoms with Crippen LogP contribution in [0.5, 0.6) is 0 Å². The van der Waals surface area contributed by atoms with E-state index >= 15 is 0 Å². The molecule has 18 heteroatoms. The molecular formula is C52H89N7O11. The molecule has 2 N–H and O–H groups in total. The van der Waals surface area contributed by atoms with Crippen molar-refractivity contribution in [2.24, 2.45) is 35.0 Å². The number of nitrogens with one attached hydrogen (secondary N) is 2. The quantitative estimate of drug-likeness (QED) is 0.229. The fraction of sp³-hybridized carbons (Fsp3) is 0.827. The maximum absolute atomic E-state index is 14.6. The SMILES string of the molecule is CCCCCC1OC(=O)C(C(C)C)NC(=O)C2CCCN2C(=O)C2CCCN2C(=O)C(C(C)C)OC(=O)C(C(C)C)N(C)C(=O)C(C(C)C)N(C)C(=O)C(C)N(C)C(=O)C(C(C)CC)NC(=O)C1(C)C. The molecule has 3 rings (SSSR count).